The van der Waals surface area contributed by atoms with Gasteiger partial charge in [-0.3, -0.25) is 0 Å². The third-order valence-corrected chi connectivity index (χ3v) is 5.23. The van der Waals surface area contributed by atoms with Crippen LogP contribution in [0.15, 0.2) is 0 Å². The molecule has 1 aromatic heterocycles. The average Bonchev–Trinajstić information content (AvgIpc) is 2.76. The van der Waals surface area contributed by atoms with Crippen LogP contribution in [0.5, 0.6) is 0 Å². The molecule has 1 saturated heterocycles. The molecule has 0 radical (unpaired) electrons. The number of nitrogens with one attached hydrogen (secondary N) is 1. The summed E-state index contributed by atoms with van der Waals surface area (Å²) in [5.74, 6) is 0.179. The van der Waals surface area contributed by atoms with E-state index in [1.807, 2.05) is 0 Å². The summed E-state index contributed by atoms with van der Waals surface area (Å²) in [6.07, 6.45) is 3.12. The van der Waals surface area contributed by atoms with Crippen molar-refractivity contribution in [2.75, 3.05) is 31.7 Å². The van der Waals surface area contributed by atoms with Crippen molar-refractivity contribution in [2.45, 2.75) is 18.8 Å². The summed E-state index contributed by atoms with van der Waals surface area (Å²) in [4.78, 5) is 0. The Morgan fingerprint density at radius 1 is 1.47 bits per heavy atom. The Morgan fingerprint density at radius 3 is 2.82 bits per heavy atom. The van der Waals surface area contributed by atoms with Crippen molar-refractivity contribution in [1.82, 2.24) is 14.5 Å². The van der Waals surface area contributed by atoms with Gasteiger partial charge in [-0.2, -0.15) is 0 Å². The van der Waals surface area contributed by atoms with Crippen molar-refractivity contribution < 1.29 is 8.42 Å². The topological polar surface area (TPSA) is 75.2 Å². The Morgan fingerprint density at radius 2 is 2.24 bits per heavy atom. The largest absolute Gasteiger partial charge is 0.363 e. The predicted molar refractivity (Wildman–Crippen MR) is 67.8 cm³/mol. The molecule has 0 saturated carbocycles. The van der Waals surface area contributed by atoms with E-state index >= 15 is 0 Å². The quantitative estimate of drug-likeness (QED) is 0.880. The highest BCUT2D eigenvalue weighted by Crippen LogP contribution is 2.31. The van der Waals surface area contributed by atoms with Gasteiger partial charge in [-0.15, -0.1) is 10.2 Å². The minimum absolute atomic E-state index is 0.179. The summed E-state index contributed by atoms with van der Waals surface area (Å²) in [5.41, 5.74) is 0. The zero-order chi connectivity index (χ0) is 12.5. The first kappa shape index (κ1) is 12.7. The van der Waals surface area contributed by atoms with Gasteiger partial charge in [-0.05, 0) is 12.8 Å². The summed E-state index contributed by atoms with van der Waals surface area (Å²) in [5, 5.41) is 12.7. The molecule has 1 N–H and O–H groups in total. The molecule has 0 bridgehead atoms. The number of piperidine rings is 1. The molecule has 0 aliphatic carbocycles. The lowest BCUT2D eigenvalue weighted by molar-refractivity contribution is 0.316. The fourth-order valence-corrected chi connectivity index (χ4v) is 3.68. The summed E-state index contributed by atoms with van der Waals surface area (Å²) < 4.78 is 24.5. The molecule has 0 aromatic carbocycles. The Labute approximate surface area is 105 Å². The van der Waals surface area contributed by atoms with Crippen LogP contribution in [0.1, 0.15) is 23.8 Å². The van der Waals surface area contributed by atoms with E-state index in [0.717, 1.165) is 23.0 Å². The second-order valence-corrected chi connectivity index (χ2v) is 7.15. The van der Waals surface area contributed by atoms with Crippen molar-refractivity contribution in [3.63, 3.8) is 0 Å². The minimum atomic E-state index is -3.09. The van der Waals surface area contributed by atoms with E-state index in [1.165, 1.54) is 21.9 Å². The number of hydrogen-bond acceptors (Lipinski definition) is 6. The van der Waals surface area contributed by atoms with Crippen LogP contribution in [-0.4, -0.2) is 49.3 Å². The van der Waals surface area contributed by atoms with Gasteiger partial charge in [0.2, 0.25) is 15.2 Å². The molecule has 17 heavy (non-hydrogen) atoms. The van der Waals surface area contributed by atoms with Crippen LogP contribution < -0.4 is 5.32 Å². The van der Waals surface area contributed by atoms with Crippen molar-refractivity contribution >= 4 is 26.5 Å². The van der Waals surface area contributed by atoms with Crippen LogP contribution in [0, 0.1) is 0 Å². The van der Waals surface area contributed by atoms with Gasteiger partial charge in [-0.1, -0.05) is 11.3 Å². The molecular formula is C9H16N4O2S2. The van der Waals surface area contributed by atoms with Gasteiger partial charge in [0.15, 0.2) is 0 Å². The van der Waals surface area contributed by atoms with Gasteiger partial charge >= 0.3 is 0 Å². The molecule has 6 nitrogen and oxygen atoms in total. The first-order chi connectivity index (χ1) is 8.00. The van der Waals surface area contributed by atoms with Gasteiger partial charge in [0.1, 0.15) is 5.01 Å². The van der Waals surface area contributed by atoms with E-state index in [0.29, 0.717) is 13.1 Å². The fourth-order valence-electron chi connectivity index (χ4n) is 1.95. The van der Waals surface area contributed by atoms with Crippen LogP contribution in [0.3, 0.4) is 0 Å². The Kier molecular flexibility index (Phi) is 3.64. The Bertz CT molecular complexity index is 485. The Hall–Kier alpha value is -0.730. The number of aromatic nitrogens is 2. The standard InChI is InChI=1S/C9H16N4O2S2/c1-10-9-12-11-8(16-9)7-4-3-5-13(6-7)17(2,14)15/h7H,3-6H2,1-2H3,(H,10,12). The highest BCUT2D eigenvalue weighted by molar-refractivity contribution is 7.88. The van der Waals surface area contributed by atoms with Gasteiger partial charge in [0.25, 0.3) is 0 Å². The zero-order valence-corrected chi connectivity index (χ0v) is 11.5. The summed E-state index contributed by atoms with van der Waals surface area (Å²) in [7, 11) is -1.29. The number of rotatable bonds is 3. The second kappa shape index (κ2) is 4.87. The average molecular weight is 276 g/mol. The molecule has 1 aromatic rings. The van der Waals surface area contributed by atoms with Crippen molar-refractivity contribution in [1.29, 1.82) is 0 Å². The summed E-state index contributed by atoms with van der Waals surface area (Å²) in [6.45, 7) is 1.14. The number of anilines is 1. The number of sulfonamides is 1. The van der Waals surface area contributed by atoms with Crippen LogP contribution in [0.25, 0.3) is 0 Å². The number of nitrogens with zero attached hydrogens (tertiary/aromatic N) is 3. The molecule has 1 aliphatic heterocycles. The van der Waals surface area contributed by atoms with Crippen LogP contribution in [-0.2, 0) is 10.0 Å². The summed E-state index contributed by atoms with van der Waals surface area (Å²) in [6, 6.07) is 0. The third kappa shape index (κ3) is 2.93. The molecule has 0 amide bonds. The van der Waals surface area contributed by atoms with Crippen LogP contribution in [0.2, 0.25) is 0 Å². The number of hydrogen-bond donors (Lipinski definition) is 1. The van der Waals surface area contributed by atoms with Crippen molar-refractivity contribution in [3.05, 3.63) is 5.01 Å². The van der Waals surface area contributed by atoms with E-state index in [-0.39, 0.29) is 5.92 Å². The van der Waals surface area contributed by atoms with Crippen LogP contribution in [0.4, 0.5) is 5.13 Å². The molecular weight excluding hydrogens is 260 g/mol. The molecule has 1 atom stereocenters. The molecule has 1 unspecified atom stereocenters. The maximum Gasteiger partial charge on any atom is 0.211 e. The lowest BCUT2D eigenvalue weighted by atomic mass is 10.0. The molecule has 0 spiro atoms. The van der Waals surface area contributed by atoms with Crippen LogP contribution >= 0.6 is 11.3 Å². The highest BCUT2D eigenvalue weighted by Gasteiger charge is 2.28. The molecule has 96 valence electrons. The monoisotopic (exact) mass is 276 g/mol. The Balaban J connectivity index is 2.12. The van der Waals surface area contributed by atoms with E-state index in [4.69, 9.17) is 0 Å². The molecule has 1 fully saturated rings. The third-order valence-electron chi connectivity index (χ3n) is 2.86. The van der Waals surface area contributed by atoms with Crippen molar-refractivity contribution in [3.8, 4) is 0 Å². The minimum Gasteiger partial charge on any atom is -0.363 e. The van der Waals surface area contributed by atoms with Gasteiger partial charge in [0.05, 0.1) is 6.26 Å². The molecule has 2 rings (SSSR count). The van der Waals surface area contributed by atoms with Crippen molar-refractivity contribution in [2.24, 2.45) is 0 Å². The smallest absolute Gasteiger partial charge is 0.211 e. The van der Waals surface area contributed by atoms with E-state index in [9.17, 15) is 8.42 Å². The van der Waals surface area contributed by atoms with Gasteiger partial charge < -0.3 is 5.32 Å². The normalized spacial score (nSPS) is 22.6. The highest BCUT2D eigenvalue weighted by atomic mass is 32.2. The first-order valence-electron chi connectivity index (χ1n) is 5.47. The summed E-state index contributed by atoms with van der Waals surface area (Å²) >= 11 is 1.50. The maximum atomic E-state index is 11.5. The predicted octanol–water partition coefficient (Wildman–Crippen LogP) is 0.719. The molecule has 1 aliphatic rings. The van der Waals surface area contributed by atoms with E-state index < -0.39 is 10.0 Å². The maximum absolute atomic E-state index is 11.5. The second-order valence-electron chi connectivity index (χ2n) is 4.16. The van der Waals surface area contributed by atoms with Gasteiger partial charge in [-0.25, -0.2) is 12.7 Å². The zero-order valence-electron chi connectivity index (χ0n) is 9.88. The van der Waals surface area contributed by atoms with E-state index in [1.54, 1.807) is 7.05 Å². The first-order valence-corrected chi connectivity index (χ1v) is 8.13. The van der Waals surface area contributed by atoms with Gasteiger partial charge in [0, 0.05) is 26.1 Å². The SMILES string of the molecule is CNc1nnc(C2CCCN(S(C)(=O)=O)C2)s1. The lowest BCUT2D eigenvalue weighted by Gasteiger charge is -2.29. The molecule has 8 heteroatoms. The van der Waals surface area contributed by atoms with E-state index in [2.05, 4.69) is 15.5 Å². The lowest BCUT2D eigenvalue weighted by Crippen LogP contribution is -2.38. The fraction of sp³-hybridized carbons (Fsp3) is 0.778. The molecule has 2 heterocycles.